The Balaban J connectivity index is 1.80. The van der Waals surface area contributed by atoms with Crippen molar-refractivity contribution < 1.29 is 19.4 Å². The van der Waals surface area contributed by atoms with E-state index >= 15 is 0 Å². The van der Waals surface area contributed by atoms with Gasteiger partial charge >= 0.3 is 5.97 Å². The minimum atomic E-state index is -0.753. The van der Waals surface area contributed by atoms with E-state index in [1.807, 2.05) is 11.8 Å². The maximum Gasteiger partial charge on any atom is 0.306 e. The first-order chi connectivity index (χ1) is 9.00. The van der Waals surface area contributed by atoms with Crippen molar-refractivity contribution in [2.45, 2.75) is 19.9 Å². The number of nitrogens with zero attached hydrogens (tertiary/aromatic N) is 2. The molecule has 1 N–H and O–H groups in total. The average Bonchev–Trinajstić information content (AvgIpc) is 2.36. The number of carboxylic acids is 1. The number of carbonyl (C=O) groups excluding carboxylic acids is 1. The Hall–Kier alpha value is -1.14. The van der Waals surface area contributed by atoms with Crippen LogP contribution in [-0.4, -0.2) is 72.2 Å². The Morgan fingerprint density at radius 1 is 1.21 bits per heavy atom. The largest absolute Gasteiger partial charge is 0.481 e. The Morgan fingerprint density at radius 3 is 2.32 bits per heavy atom. The van der Waals surface area contributed by atoms with Gasteiger partial charge in [0.05, 0.1) is 25.2 Å². The molecule has 2 atom stereocenters. The van der Waals surface area contributed by atoms with Crippen molar-refractivity contribution >= 4 is 11.9 Å². The van der Waals surface area contributed by atoms with Crippen molar-refractivity contribution in [3.8, 4) is 0 Å². The third-order valence-electron chi connectivity index (χ3n) is 4.26. The summed E-state index contributed by atoms with van der Waals surface area (Å²) in [6.45, 7) is 7.57. The normalized spacial score (nSPS) is 24.6. The van der Waals surface area contributed by atoms with E-state index in [0.29, 0.717) is 39.4 Å². The van der Waals surface area contributed by atoms with E-state index in [1.165, 1.54) is 0 Å². The second kappa shape index (κ2) is 5.88. The molecule has 19 heavy (non-hydrogen) atoms. The number of carbonyl (C=O) groups is 2. The van der Waals surface area contributed by atoms with Crippen LogP contribution in [0.15, 0.2) is 0 Å². The molecule has 2 rings (SSSR count). The molecule has 0 bridgehead atoms. The summed E-state index contributed by atoms with van der Waals surface area (Å²) in [6.07, 6.45) is 0. The predicted molar refractivity (Wildman–Crippen MR) is 68.7 cm³/mol. The minimum Gasteiger partial charge on any atom is -0.481 e. The molecule has 0 radical (unpaired) electrons. The van der Waals surface area contributed by atoms with E-state index in [-0.39, 0.29) is 23.8 Å². The quantitative estimate of drug-likeness (QED) is 0.771. The van der Waals surface area contributed by atoms with Crippen LogP contribution >= 0.6 is 0 Å². The summed E-state index contributed by atoms with van der Waals surface area (Å²) in [5.74, 6) is -0.791. The molecule has 6 nitrogen and oxygen atoms in total. The maximum absolute atomic E-state index is 12.3. The van der Waals surface area contributed by atoms with Crippen LogP contribution in [0.2, 0.25) is 0 Å². The number of morpholine rings is 1. The third kappa shape index (κ3) is 3.06. The van der Waals surface area contributed by atoms with Gasteiger partial charge in [0.25, 0.3) is 0 Å². The molecule has 0 aromatic rings. The molecule has 2 aliphatic rings. The van der Waals surface area contributed by atoms with Gasteiger partial charge in [-0.25, -0.2) is 0 Å². The molecule has 0 aliphatic carbocycles. The van der Waals surface area contributed by atoms with E-state index in [0.717, 1.165) is 0 Å². The second-order valence-corrected chi connectivity index (χ2v) is 5.45. The highest BCUT2D eigenvalue weighted by Gasteiger charge is 2.39. The zero-order chi connectivity index (χ0) is 14.0. The molecular formula is C13H22N2O4. The molecule has 0 saturated carbocycles. The standard InChI is InChI=1S/C13H22N2O4/c1-9(13(17)18)11-7-15(8-11)10(2)12(16)14-3-5-19-6-4-14/h9-11H,3-8H2,1-2H3,(H,17,18). The highest BCUT2D eigenvalue weighted by atomic mass is 16.5. The molecule has 2 heterocycles. The van der Waals surface area contributed by atoms with Gasteiger partial charge in [0, 0.05) is 26.2 Å². The molecule has 6 heteroatoms. The van der Waals surface area contributed by atoms with E-state index in [9.17, 15) is 9.59 Å². The highest BCUT2D eigenvalue weighted by molar-refractivity contribution is 5.81. The number of hydrogen-bond donors (Lipinski definition) is 1. The summed E-state index contributed by atoms with van der Waals surface area (Å²) in [5.41, 5.74) is 0. The van der Waals surface area contributed by atoms with Crippen molar-refractivity contribution in [2.24, 2.45) is 11.8 Å². The fraction of sp³-hybridized carbons (Fsp3) is 0.846. The van der Waals surface area contributed by atoms with E-state index in [1.54, 1.807) is 6.92 Å². The highest BCUT2D eigenvalue weighted by Crippen LogP contribution is 2.26. The van der Waals surface area contributed by atoms with Crippen LogP contribution < -0.4 is 0 Å². The lowest BCUT2D eigenvalue weighted by atomic mass is 9.86. The summed E-state index contributed by atoms with van der Waals surface area (Å²) in [5, 5.41) is 8.95. The molecule has 0 aromatic heterocycles. The molecule has 2 fully saturated rings. The molecule has 0 aromatic carbocycles. The molecule has 2 aliphatic heterocycles. The summed E-state index contributed by atoms with van der Waals surface area (Å²) >= 11 is 0. The number of carboxylic acid groups (broad SMARTS) is 1. The van der Waals surface area contributed by atoms with Crippen LogP contribution in [-0.2, 0) is 14.3 Å². The Morgan fingerprint density at radius 2 is 1.79 bits per heavy atom. The third-order valence-corrected chi connectivity index (χ3v) is 4.26. The van der Waals surface area contributed by atoms with Gasteiger partial charge in [0.1, 0.15) is 0 Å². The Kier molecular flexibility index (Phi) is 4.42. The lowest BCUT2D eigenvalue weighted by Crippen LogP contribution is -2.59. The van der Waals surface area contributed by atoms with Crippen molar-refractivity contribution in [3.05, 3.63) is 0 Å². The number of hydrogen-bond acceptors (Lipinski definition) is 4. The Bertz CT molecular complexity index is 349. The number of ether oxygens (including phenoxy) is 1. The Labute approximate surface area is 113 Å². The maximum atomic E-state index is 12.3. The van der Waals surface area contributed by atoms with Crippen LogP contribution in [0.5, 0.6) is 0 Å². The zero-order valence-electron chi connectivity index (χ0n) is 11.5. The van der Waals surface area contributed by atoms with Crippen LogP contribution in [0.25, 0.3) is 0 Å². The first-order valence-corrected chi connectivity index (χ1v) is 6.84. The lowest BCUT2D eigenvalue weighted by molar-refractivity contribution is -0.149. The molecule has 1 amide bonds. The van der Waals surface area contributed by atoms with E-state index < -0.39 is 5.97 Å². The van der Waals surface area contributed by atoms with Crippen molar-refractivity contribution in [3.63, 3.8) is 0 Å². The van der Waals surface area contributed by atoms with Gasteiger partial charge in [-0.05, 0) is 12.8 Å². The number of amides is 1. The van der Waals surface area contributed by atoms with E-state index in [4.69, 9.17) is 9.84 Å². The van der Waals surface area contributed by atoms with Crippen LogP contribution in [0.4, 0.5) is 0 Å². The molecular weight excluding hydrogens is 248 g/mol. The summed E-state index contributed by atoms with van der Waals surface area (Å²) in [4.78, 5) is 27.0. The number of rotatable bonds is 4. The lowest BCUT2D eigenvalue weighted by Gasteiger charge is -2.45. The number of likely N-dealkylation sites (tertiary alicyclic amines) is 1. The van der Waals surface area contributed by atoms with Crippen molar-refractivity contribution in [1.82, 2.24) is 9.80 Å². The smallest absolute Gasteiger partial charge is 0.306 e. The predicted octanol–water partition coefficient (Wildman–Crippen LogP) is -0.114. The van der Waals surface area contributed by atoms with Gasteiger partial charge < -0.3 is 14.7 Å². The van der Waals surface area contributed by atoms with Gasteiger partial charge in [0.2, 0.25) is 5.91 Å². The fourth-order valence-corrected chi connectivity index (χ4v) is 2.59. The molecule has 108 valence electrons. The van der Waals surface area contributed by atoms with Crippen LogP contribution in [0, 0.1) is 11.8 Å². The van der Waals surface area contributed by atoms with Crippen molar-refractivity contribution in [2.75, 3.05) is 39.4 Å². The van der Waals surface area contributed by atoms with Crippen LogP contribution in [0.3, 0.4) is 0 Å². The van der Waals surface area contributed by atoms with Gasteiger partial charge in [-0.3, -0.25) is 14.5 Å². The topological polar surface area (TPSA) is 70.1 Å². The SMILES string of the molecule is CC(C(=O)O)C1CN(C(C)C(=O)N2CCOCC2)C1. The molecule has 2 unspecified atom stereocenters. The van der Waals surface area contributed by atoms with Gasteiger partial charge in [0.15, 0.2) is 0 Å². The molecule has 2 saturated heterocycles. The molecule has 0 spiro atoms. The monoisotopic (exact) mass is 270 g/mol. The first kappa shape index (κ1) is 14.3. The van der Waals surface area contributed by atoms with Gasteiger partial charge in [-0.15, -0.1) is 0 Å². The number of aliphatic carboxylic acids is 1. The second-order valence-electron chi connectivity index (χ2n) is 5.45. The van der Waals surface area contributed by atoms with Crippen molar-refractivity contribution in [1.29, 1.82) is 0 Å². The van der Waals surface area contributed by atoms with Crippen LogP contribution in [0.1, 0.15) is 13.8 Å². The van der Waals surface area contributed by atoms with E-state index in [2.05, 4.69) is 4.90 Å². The summed E-state index contributed by atoms with van der Waals surface area (Å²) < 4.78 is 5.23. The zero-order valence-corrected chi connectivity index (χ0v) is 11.5. The van der Waals surface area contributed by atoms with Gasteiger partial charge in [-0.1, -0.05) is 6.92 Å². The average molecular weight is 270 g/mol. The minimum absolute atomic E-state index is 0.129. The van der Waals surface area contributed by atoms with Gasteiger partial charge in [-0.2, -0.15) is 0 Å². The summed E-state index contributed by atoms with van der Waals surface area (Å²) in [6, 6.07) is -0.157. The fourth-order valence-electron chi connectivity index (χ4n) is 2.59. The first-order valence-electron chi connectivity index (χ1n) is 6.84. The summed E-state index contributed by atoms with van der Waals surface area (Å²) in [7, 11) is 0.